The van der Waals surface area contributed by atoms with Crippen molar-refractivity contribution in [3.63, 3.8) is 0 Å². The van der Waals surface area contributed by atoms with E-state index in [0.29, 0.717) is 0 Å². The summed E-state index contributed by atoms with van der Waals surface area (Å²) in [6, 6.07) is 8.99. The molecule has 2 aromatic heterocycles. The quantitative estimate of drug-likeness (QED) is 0.775. The van der Waals surface area contributed by atoms with Gasteiger partial charge in [0.2, 0.25) is 0 Å². The Bertz CT molecular complexity index is 800. The molecule has 5 nitrogen and oxygen atoms in total. The molecule has 3 heterocycles. The van der Waals surface area contributed by atoms with Gasteiger partial charge in [-0.2, -0.15) is 0 Å². The van der Waals surface area contributed by atoms with Crippen LogP contribution < -0.4 is 0 Å². The Balaban J connectivity index is 1.59. The fourth-order valence-corrected chi connectivity index (χ4v) is 3.30. The fraction of sp³-hybridized carbons (Fsp3) is 0.368. The van der Waals surface area contributed by atoms with Crippen LogP contribution in [0.2, 0.25) is 0 Å². The summed E-state index contributed by atoms with van der Waals surface area (Å²) in [5.41, 5.74) is 1.88. The van der Waals surface area contributed by atoms with Gasteiger partial charge in [-0.25, -0.2) is 0 Å². The summed E-state index contributed by atoms with van der Waals surface area (Å²) in [6.45, 7) is 4.67. The number of morpholine rings is 1. The SMILES string of the molecule is Oc1ccc2oc(-c3ccco3)c(CCCN3CCOCC3)c2c1. The molecule has 1 aliphatic rings. The van der Waals surface area contributed by atoms with E-state index in [1.54, 1.807) is 18.4 Å². The van der Waals surface area contributed by atoms with Gasteiger partial charge >= 0.3 is 0 Å². The van der Waals surface area contributed by atoms with Crippen molar-refractivity contribution in [1.29, 1.82) is 0 Å². The van der Waals surface area contributed by atoms with E-state index >= 15 is 0 Å². The van der Waals surface area contributed by atoms with Gasteiger partial charge in [0.15, 0.2) is 11.5 Å². The Morgan fingerprint density at radius 3 is 2.79 bits per heavy atom. The molecular formula is C19H21NO4. The van der Waals surface area contributed by atoms with Crippen LogP contribution in [0, 0.1) is 0 Å². The zero-order valence-corrected chi connectivity index (χ0v) is 13.5. The van der Waals surface area contributed by atoms with Crippen molar-refractivity contribution in [2.45, 2.75) is 12.8 Å². The van der Waals surface area contributed by atoms with Gasteiger partial charge in [0.1, 0.15) is 11.3 Å². The average molecular weight is 327 g/mol. The normalized spacial score (nSPS) is 16.0. The first-order chi connectivity index (χ1) is 11.8. The number of nitrogens with zero attached hydrogens (tertiary/aromatic N) is 1. The number of rotatable bonds is 5. The van der Waals surface area contributed by atoms with Crippen LogP contribution >= 0.6 is 0 Å². The second-order valence-electron chi connectivity index (χ2n) is 6.13. The van der Waals surface area contributed by atoms with Crippen molar-refractivity contribution in [3.8, 4) is 17.3 Å². The van der Waals surface area contributed by atoms with Gasteiger partial charge < -0.3 is 18.7 Å². The summed E-state index contributed by atoms with van der Waals surface area (Å²) in [5, 5.41) is 10.8. The molecule has 0 spiro atoms. The second kappa shape index (κ2) is 6.71. The molecule has 1 fully saturated rings. The van der Waals surface area contributed by atoms with E-state index in [0.717, 1.165) is 73.7 Å². The van der Waals surface area contributed by atoms with Crippen molar-refractivity contribution in [3.05, 3.63) is 42.2 Å². The monoisotopic (exact) mass is 327 g/mol. The zero-order chi connectivity index (χ0) is 16.4. The summed E-state index contributed by atoms with van der Waals surface area (Å²) < 4.78 is 16.9. The number of furan rings is 2. The van der Waals surface area contributed by atoms with Crippen LogP contribution in [0.1, 0.15) is 12.0 Å². The topological polar surface area (TPSA) is 59.0 Å². The summed E-state index contributed by atoms with van der Waals surface area (Å²) in [5.74, 6) is 1.75. The van der Waals surface area contributed by atoms with Gasteiger partial charge in [0, 0.05) is 24.0 Å². The summed E-state index contributed by atoms with van der Waals surface area (Å²) >= 11 is 0. The molecule has 1 aromatic carbocycles. The van der Waals surface area contributed by atoms with Crippen molar-refractivity contribution >= 4 is 11.0 Å². The Morgan fingerprint density at radius 2 is 2.00 bits per heavy atom. The third-order valence-electron chi connectivity index (χ3n) is 4.52. The number of aryl methyl sites for hydroxylation is 1. The molecule has 0 amide bonds. The molecule has 0 radical (unpaired) electrons. The maximum Gasteiger partial charge on any atom is 0.173 e. The van der Waals surface area contributed by atoms with Crippen LogP contribution in [0.15, 0.2) is 45.4 Å². The van der Waals surface area contributed by atoms with Crippen molar-refractivity contribution in [2.75, 3.05) is 32.8 Å². The lowest BCUT2D eigenvalue weighted by atomic mass is 10.0. The van der Waals surface area contributed by atoms with E-state index in [1.807, 2.05) is 18.2 Å². The average Bonchev–Trinajstić information content (AvgIpc) is 3.24. The van der Waals surface area contributed by atoms with Gasteiger partial charge in [0.25, 0.3) is 0 Å². The van der Waals surface area contributed by atoms with E-state index in [4.69, 9.17) is 13.6 Å². The predicted octanol–water partition coefficient (Wildman–Crippen LogP) is 3.66. The molecule has 0 bridgehead atoms. The third-order valence-corrected chi connectivity index (χ3v) is 4.52. The van der Waals surface area contributed by atoms with Gasteiger partial charge in [-0.05, 0) is 49.7 Å². The number of phenolic OH excluding ortho intramolecular Hbond substituents is 1. The van der Waals surface area contributed by atoms with E-state index < -0.39 is 0 Å². The Morgan fingerprint density at radius 1 is 1.12 bits per heavy atom. The highest BCUT2D eigenvalue weighted by Gasteiger charge is 2.19. The molecule has 3 aromatic rings. The third kappa shape index (κ3) is 3.05. The molecule has 1 aliphatic heterocycles. The molecular weight excluding hydrogens is 306 g/mol. The molecule has 5 heteroatoms. The van der Waals surface area contributed by atoms with Crippen molar-refractivity contribution in [1.82, 2.24) is 4.90 Å². The Labute approximate surface area is 140 Å². The number of hydrogen-bond acceptors (Lipinski definition) is 5. The first-order valence-electron chi connectivity index (χ1n) is 8.39. The number of ether oxygens (including phenoxy) is 1. The molecule has 0 unspecified atom stereocenters. The predicted molar refractivity (Wildman–Crippen MR) is 91.2 cm³/mol. The minimum absolute atomic E-state index is 0.253. The molecule has 0 aliphatic carbocycles. The van der Waals surface area contributed by atoms with Crippen LogP contribution in [0.4, 0.5) is 0 Å². The highest BCUT2D eigenvalue weighted by Crippen LogP contribution is 2.36. The van der Waals surface area contributed by atoms with Crippen LogP contribution in [-0.2, 0) is 11.2 Å². The Kier molecular flexibility index (Phi) is 4.28. The molecule has 1 saturated heterocycles. The first-order valence-corrected chi connectivity index (χ1v) is 8.39. The van der Waals surface area contributed by atoms with Gasteiger partial charge in [-0.15, -0.1) is 0 Å². The Hall–Kier alpha value is -2.24. The molecule has 4 rings (SSSR count). The lowest BCUT2D eigenvalue weighted by molar-refractivity contribution is 0.0375. The molecule has 0 atom stereocenters. The van der Waals surface area contributed by atoms with Crippen LogP contribution in [0.3, 0.4) is 0 Å². The fourth-order valence-electron chi connectivity index (χ4n) is 3.30. The summed E-state index contributed by atoms with van der Waals surface area (Å²) in [6.07, 6.45) is 3.55. The van der Waals surface area contributed by atoms with Crippen LogP contribution in [0.25, 0.3) is 22.5 Å². The van der Waals surface area contributed by atoms with Crippen molar-refractivity contribution in [2.24, 2.45) is 0 Å². The van der Waals surface area contributed by atoms with E-state index in [2.05, 4.69) is 4.90 Å². The minimum Gasteiger partial charge on any atom is -0.508 e. The zero-order valence-electron chi connectivity index (χ0n) is 13.5. The van der Waals surface area contributed by atoms with Crippen molar-refractivity contribution < 1.29 is 18.7 Å². The molecule has 1 N–H and O–H groups in total. The number of phenols is 1. The minimum atomic E-state index is 0.253. The molecule has 0 saturated carbocycles. The standard InChI is InChI=1S/C19H21NO4/c21-14-5-6-17-16(13-14)15(19(24-17)18-4-2-10-23-18)3-1-7-20-8-11-22-12-9-20/h2,4-6,10,13,21H,1,3,7-9,11-12H2. The van der Waals surface area contributed by atoms with Gasteiger partial charge in [-0.1, -0.05) is 0 Å². The van der Waals surface area contributed by atoms with Gasteiger partial charge in [-0.3, -0.25) is 4.90 Å². The highest BCUT2D eigenvalue weighted by molar-refractivity contribution is 5.88. The smallest absolute Gasteiger partial charge is 0.173 e. The number of fused-ring (bicyclic) bond motifs is 1. The number of hydrogen-bond donors (Lipinski definition) is 1. The summed E-state index contributed by atoms with van der Waals surface area (Å²) in [4.78, 5) is 2.43. The summed E-state index contributed by atoms with van der Waals surface area (Å²) in [7, 11) is 0. The molecule has 24 heavy (non-hydrogen) atoms. The van der Waals surface area contributed by atoms with E-state index in [-0.39, 0.29) is 5.75 Å². The lowest BCUT2D eigenvalue weighted by Gasteiger charge is -2.26. The van der Waals surface area contributed by atoms with Crippen LogP contribution in [0.5, 0.6) is 5.75 Å². The lowest BCUT2D eigenvalue weighted by Crippen LogP contribution is -2.36. The number of benzene rings is 1. The van der Waals surface area contributed by atoms with E-state index in [9.17, 15) is 5.11 Å². The maximum atomic E-state index is 9.84. The maximum absolute atomic E-state index is 9.84. The molecule has 126 valence electrons. The highest BCUT2D eigenvalue weighted by atomic mass is 16.5. The van der Waals surface area contributed by atoms with Crippen LogP contribution in [-0.4, -0.2) is 42.9 Å². The van der Waals surface area contributed by atoms with Gasteiger partial charge in [0.05, 0.1) is 19.5 Å². The second-order valence-corrected chi connectivity index (χ2v) is 6.13. The largest absolute Gasteiger partial charge is 0.508 e. The van der Waals surface area contributed by atoms with E-state index in [1.165, 1.54) is 0 Å². The number of aromatic hydroxyl groups is 1. The first kappa shape index (κ1) is 15.3.